The van der Waals surface area contributed by atoms with Gasteiger partial charge in [-0.2, -0.15) is 0 Å². The summed E-state index contributed by atoms with van der Waals surface area (Å²) in [6, 6.07) is 13.1. The summed E-state index contributed by atoms with van der Waals surface area (Å²) in [6.45, 7) is 3.79. The Morgan fingerprint density at radius 2 is 2.13 bits per heavy atom. The second-order valence-electron chi connectivity index (χ2n) is 7.44. The van der Waals surface area contributed by atoms with E-state index in [1.165, 1.54) is 0 Å². The molecular weight excluding hydrogens is 394 g/mol. The topological polar surface area (TPSA) is 85.4 Å². The average molecular weight is 417 g/mol. The van der Waals surface area contributed by atoms with Crippen molar-refractivity contribution in [2.24, 2.45) is 0 Å². The average Bonchev–Trinajstić information content (AvgIpc) is 3.53. The maximum Gasteiger partial charge on any atom is 0.321 e. The Hall–Kier alpha value is -3.81. The first kappa shape index (κ1) is 19.2. The molecule has 3 aromatic heterocycles. The number of hydrogen-bond acceptors (Lipinski definition) is 5. The smallest absolute Gasteiger partial charge is 0.321 e. The van der Waals surface area contributed by atoms with Crippen molar-refractivity contribution in [1.82, 2.24) is 19.4 Å². The lowest BCUT2D eigenvalue weighted by Crippen LogP contribution is -2.33. The lowest BCUT2D eigenvalue weighted by atomic mass is 10.2. The highest BCUT2D eigenvalue weighted by molar-refractivity contribution is 5.89. The van der Waals surface area contributed by atoms with E-state index in [-0.39, 0.29) is 12.1 Å². The summed E-state index contributed by atoms with van der Waals surface area (Å²) in [5.41, 5.74) is 3.29. The molecule has 4 heterocycles. The zero-order valence-electron chi connectivity index (χ0n) is 17.2. The molecule has 1 aromatic carbocycles. The SMILES string of the molecule is CCOc1ccc(NC(=O)N2CC[C@@H](n3c(-c4ccoc4)nc4cccnc43)C2)cc1. The highest BCUT2D eigenvalue weighted by Gasteiger charge is 2.31. The first-order valence-corrected chi connectivity index (χ1v) is 10.4. The van der Waals surface area contributed by atoms with E-state index in [1.807, 2.05) is 54.3 Å². The van der Waals surface area contributed by atoms with E-state index < -0.39 is 0 Å². The molecule has 1 saturated heterocycles. The maximum atomic E-state index is 12.8. The summed E-state index contributed by atoms with van der Waals surface area (Å²) in [5, 5.41) is 2.97. The van der Waals surface area contributed by atoms with Gasteiger partial charge in [0.2, 0.25) is 0 Å². The fraction of sp³-hybridized carbons (Fsp3) is 0.261. The van der Waals surface area contributed by atoms with Crippen LogP contribution in [0.3, 0.4) is 0 Å². The number of urea groups is 1. The standard InChI is InChI=1S/C23H23N5O3/c1-2-31-19-7-5-17(6-8-19)25-23(29)27-12-9-18(14-27)28-21(16-10-13-30-15-16)26-20-4-3-11-24-22(20)28/h3-8,10-11,13,15,18H,2,9,12,14H2,1H3,(H,25,29)/t18-/m1/s1. The van der Waals surface area contributed by atoms with Crippen LogP contribution in [0.15, 0.2) is 65.6 Å². The number of hydrogen-bond donors (Lipinski definition) is 1. The Bertz CT molecular complexity index is 1180. The van der Waals surface area contributed by atoms with Crippen molar-refractivity contribution in [1.29, 1.82) is 0 Å². The Morgan fingerprint density at radius 1 is 1.26 bits per heavy atom. The van der Waals surface area contributed by atoms with Gasteiger partial charge in [-0.1, -0.05) is 0 Å². The molecule has 8 heteroatoms. The highest BCUT2D eigenvalue weighted by Crippen LogP contribution is 2.32. The minimum atomic E-state index is -0.117. The zero-order chi connectivity index (χ0) is 21.2. The van der Waals surface area contributed by atoms with Gasteiger partial charge in [0.05, 0.1) is 24.5 Å². The van der Waals surface area contributed by atoms with E-state index in [9.17, 15) is 4.79 Å². The molecule has 1 aliphatic heterocycles. The van der Waals surface area contributed by atoms with Gasteiger partial charge in [0.25, 0.3) is 0 Å². The van der Waals surface area contributed by atoms with Crippen molar-refractivity contribution < 1.29 is 13.9 Å². The molecule has 8 nitrogen and oxygen atoms in total. The molecule has 0 unspecified atom stereocenters. The molecule has 1 N–H and O–H groups in total. The summed E-state index contributed by atoms with van der Waals surface area (Å²) in [7, 11) is 0. The lowest BCUT2D eigenvalue weighted by molar-refractivity contribution is 0.221. The number of anilines is 1. The van der Waals surface area contributed by atoms with Crippen molar-refractivity contribution in [3.05, 3.63) is 61.2 Å². The summed E-state index contributed by atoms with van der Waals surface area (Å²) < 4.78 is 12.9. The summed E-state index contributed by atoms with van der Waals surface area (Å²) in [4.78, 5) is 24.0. The van der Waals surface area contributed by atoms with Gasteiger partial charge in [-0.3, -0.25) is 0 Å². The Morgan fingerprint density at radius 3 is 2.90 bits per heavy atom. The number of furan rings is 1. The number of ether oxygens (including phenoxy) is 1. The molecule has 0 radical (unpaired) electrons. The number of aromatic nitrogens is 3. The molecule has 1 atom stereocenters. The van der Waals surface area contributed by atoms with E-state index in [0.717, 1.165) is 40.4 Å². The summed E-state index contributed by atoms with van der Waals surface area (Å²) in [6.07, 6.45) is 5.91. The van der Waals surface area contributed by atoms with Gasteiger partial charge in [-0.05, 0) is 55.8 Å². The molecule has 5 rings (SSSR count). The number of nitrogens with one attached hydrogen (secondary N) is 1. The van der Waals surface area contributed by atoms with Gasteiger partial charge in [0.1, 0.15) is 23.4 Å². The van der Waals surface area contributed by atoms with Crippen LogP contribution in [0.4, 0.5) is 10.5 Å². The maximum absolute atomic E-state index is 12.8. The Kier molecular flexibility index (Phi) is 5.03. The number of carbonyl (C=O) groups is 1. The van der Waals surface area contributed by atoms with Gasteiger partial charge in [-0.25, -0.2) is 14.8 Å². The molecule has 1 aliphatic rings. The third kappa shape index (κ3) is 3.72. The van der Waals surface area contributed by atoms with Gasteiger partial charge >= 0.3 is 6.03 Å². The van der Waals surface area contributed by atoms with Gasteiger partial charge in [0, 0.05) is 25.0 Å². The summed E-state index contributed by atoms with van der Waals surface area (Å²) >= 11 is 0. The Labute approximate surface area is 179 Å². The molecular formula is C23H23N5O3. The number of amides is 2. The lowest BCUT2D eigenvalue weighted by Gasteiger charge is -2.19. The van der Waals surface area contributed by atoms with Crippen molar-refractivity contribution >= 4 is 22.9 Å². The first-order chi connectivity index (χ1) is 15.2. The molecule has 0 saturated carbocycles. The van der Waals surface area contributed by atoms with Gasteiger partial charge < -0.3 is 23.9 Å². The normalized spacial score (nSPS) is 16.0. The van der Waals surface area contributed by atoms with Crippen LogP contribution < -0.4 is 10.1 Å². The highest BCUT2D eigenvalue weighted by atomic mass is 16.5. The van der Waals surface area contributed by atoms with Crippen molar-refractivity contribution in [2.45, 2.75) is 19.4 Å². The van der Waals surface area contributed by atoms with E-state index in [1.54, 1.807) is 18.7 Å². The fourth-order valence-electron chi connectivity index (χ4n) is 4.01. The molecule has 158 valence electrons. The molecule has 31 heavy (non-hydrogen) atoms. The number of nitrogens with zero attached hydrogens (tertiary/aromatic N) is 4. The van der Waals surface area contributed by atoms with Crippen LogP contribution in [-0.4, -0.2) is 45.2 Å². The second kappa shape index (κ2) is 8.14. The van der Waals surface area contributed by atoms with Crippen LogP contribution in [0, 0.1) is 0 Å². The van der Waals surface area contributed by atoms with Crippen LogP contribution in [-0.2, 0) is 0 Å². The van der Waals surface area contributed by atoms with Gasteiger partial charge in [-0.15, -0.1) is 0 Å². The number of imidazole rings is 1. The minimum absolute atomic E-state index is 0.0795. The van der Waals surface area contributed by atoms with E-state index >= 15 is 0 Å². The zero-order valence-corrected chi connectivity index (χ0v) is 17.2. The number of fused-ring (bicyclic) bond motifs is 1. The van der Waals surface area contributed by atoms with E-state index in [2.05, 4.69) is 14.9 Å². The number of benzene rings is 1. The third-order valence-electron chi connectivity index (χ3n) is 5.46. The molecule has 1 fully saturated rings. The number of carbonyl (C=O) groups excluding carboxylic acids is 1. The van der Waals surface area contributed by atoms with Crippen LogP contribution in [0.5, 0.6) is 5.75 Å². The summed E-state index contributed by atoms with van der Waals surface area (Å²) in [5.74, 6) is 1.59. The van der Waals surface area contributed by atoms with E-state index in [0.29, 0.717) is 19.7 Å². The predicted octanol–water partition coefficient (Wildman–Crippen LogP) is 4.57. The van der Waals surface area contributed by atoms with Crippen molar-refractivity contribution in [3.63, 3.8) is 0 Å². The van der Waals surface area contributed by atoms with Crippen LogP contribution >= 0.6 is 0 Å². The first-order valence-electron chi connectivity index (χ1n) is 10.4. The molecule has 4 aromatic rings. The predicted molar refractivity (Wildman–Crippen MR) is 117 cm³/mol. The van der Waals surface area contributed by atoms with Crippen molar-refractivity contribution in [2.75, 3.05) is 25.0 Å². The quantitative estimate of drug-likeness (QED) is 0.514. The van der Waals surface area contributed by atoms with Crippen LogP contribution in [0.2, 0.25) is 0 Å². The van der Waals surface area contributed by atoms with Crippen LogP contribution in [0.25, 0.3) is 22.6 Å². The van der Waals surface area contributed by atoms with Crippen LogP contribution in [0.1, 0.15) is 19.4 Å². The second-order valence-corrected chi connectivity index (χ2v) is 7.44. The van der Waals surface area contributed by atoms with Crippen molar-refractivity contribution in [3.8, 4) is 17.1 Å². The monoisotopic (exact) mass is 417 g/mol. The number of rotatable bonds is 5. The van der Waals surface area contributed by atoms with Gasteiger partial charge in [0.15, 0.2) is 5.65 Å². The molecule has 2 amide bonds. The largest absolute Gasteiger partial charge is 0.494 e. The third-order valence-corrected chi connectivity index (χ3v) is 5.46. The molecule has 0 bridgehead atoms. The molecule has 0 aliphatic carbocycles. The minimum Gasteiger partial charge on any atom is -0.494 e. The number of pyridine rings is 1. The fourth-order valence-corrected chi connectivity index (χ4v) is 4.01. The van der Waals surface area contributed by atoms with E-state index in [4.69, 9.17) is 14.1 Å². The molecule has 0 spiro atoms. The Balaban J connectivity index is 1.35. The number of likely N-dealkylation sites (tertiary alicyclic amines) is 1.